The van der Waals surface area contributed by atoms with Crippen LogP contribution in [-0.2, 0) is 11.3 Å². The molecule has 1 amide bonds. The van der Waals surface area contributed by atoms with Gasteiger partial charge in [-0.15, -0.1) is 16.4 Å². The molecule has 0 spiro atoms. The Morgan fingerprint density at radius 2 is 1.97 bits per heavy atom. The van der Waals surface area contributed by atoms with Crippen LogP contribution in [0.5, 0.6) is 0 Å². The molecule has 2 aliphatic rings. The molecule has 2 saturated heterocycles. The van der Waals surface area contributed by atoms with E-state index in [4.69, 9.17) is 0 Å². The lowest BCUT2D eigenvalue weighted by atomic mass is 10.1. The number of likely N-dealkylation sites (tertiary alicyclic amines) is 2. The van der Waals surface area contributed by atoms with Crippen LogP contribution in [0.25, 0.3) is 10.1 Å². The zero-order chi connectivity index (χ0) is 19.6. The third kappa shape index (κ3) is 3.91. The Balaban J connectivity index is 1.39. The predicted octanol–water partition coefficient (Wildman–Crippen LogP) is 3.11. The lowest BCUT2D eigenvalue weighted by Crippen LogP contribution is -2.45. The molecule has 0 N–H and O–H groups in total. The molecular formula is C21H26N6OS. The number of nitrogens with zero attached hydrogens (tertiary/aromatic N) is 6. The molecule has 0 bridgehead atoms. The van der Waals surface area contributed by atoms with Gasteiger partial charge in [-0.1, -0.05) is 31.0 Å². The van der Waals surface area contributed by atoms with Crippen molar-refractivity contribution in [2.75, 3.05) is 19.6 Å². The van der Waals surface area contributed by atoms with E-state index in [1.54, 1.807) is 6.33 Å². The Morgan fingerprint density at radius 3 is 2.72 bits per heavy atom. The van der Waals surface area contributed by atoms with Crippen LogP contribution in [0.2, 0.25) is 0 Å². The number of rotatable bonds is 4. The van der Waals surface area contributed by atoms with Crippen LogP contribution in [0.15, 0.2) is 36.7 Å². The highest BCUT2D eigenvalue weighted by Crippen LogP contribution is 2.33. The molecule has 29 heavy (non-hydrogen) atoms. The van der Waals surface area contributed by atoms with Gasteiger partial charge in [0.1, 0.15) is 6.33 Å². The van der Waals surface area contributed by atoms with Crippen molar-refractivity contribution in [1.82, 2.24) is 30.0 Å². The van der Waals surface area contributed by atoms with E-state index in [2.05, 4.69) is 55.7 Å². The highest BCUT2D eigenvalue weighted by atomic mass is 32.1. The Kier molecular flexibility index (Phi) is 5.28. The molecule has 152 valence electrons. The Bertz CT molecular complexity index is 930. The molecule has 4 heterocycles. The Labute approximate surface area is 174 Å². The van der Waals surface area contributed by atoms with Gasteiger partial charge in [-0.25, -0.2) is 4.68 Å². The summed E-state index contributed by atoms with van der Waals surface area (Å²) in [6.45, 7) is 3.37. The second kappa shape index (κ2) is 8.20. The van der Waals surface area contributed by atoms with E-state index < -0.39 is 0 Å². The van der Waals surface area contributed by atoms with Crippen molar-refractivity contribution in [2.24, 2.45) is 0 Å². The number of benzene rings is 1. The van der Waals surface area contributed by atoms with Crippen LogP contribution < -0.4 is 0 Å². The van der Waals surface area contributed by atoms with Crippen molar-refractivity contribution in [1.29, 1.82) is 0 Å². The fourth-order valence-corrected chi connectivity index (χ4v) is 5.75. The number of fused-ring (bicyclic) bond motifs is 1. The molecule has 5 rings (SSSR count). The van der Waals surface area contributed by atoms with Crippen LogP contribution >= 0.6 is 11.3 Å². The van der Waals surface area contributed by atoms with Crippen LogP contribution in [0.4, 0.5) is 0 Å². The minimum atomic E-state index is -0.104. The molecular weight excluding hydrogens is 384 g/mol. The van der Waals surface area contributed by atoms with Crippen LogP contribution in [0.3, 0.4) is 0 Å². The molecule has 0 aliphatic carbocycles. The maximum Gasteiger partial charge on any atom is 0.240 e. The van der Waals surface area contributed by atoms with Crippen molar-refractivity contribution in [3.05, 3.63) is 41.5 Å². The number of hydrogen-bond acceptors (Lipinski definition) is 6. The van der Waals surface area contributed by atoms with Gasteiger partial charge in [0, 0.05) is 35.8 Å². The number of hydrogen-bond donors (Lipinski definition) is 0. The first kappa shape index (κ1) is 18.7. The van der Waals surface area contributed by atoms with Crippen molar-refractivity contribution in [3.63, 3.8) is 0 Å². The molecule has 1 aromatic carbocycles. The predicted molar refractivity (Wildman–Crippen MR) is 113 cm³/mol. The van der Waals surface area contributed by atoms with Gasteiger partial charge in [0.05, 0.1) is 12.1 Å². The van der Waals surface area contributed by atoms with Gasteiger partial charge in [-0.2, -0.15) is 0 Å². The summed E-state index contributed by atoms with van der Waals surface area (Å²) in [6, 6.07) is 10.8. The van der Waals surface area contributed by atoms with E-state index in [9.17, 15) is 4.79 Å². The maximum absolute atomic E-state index is 13.5. The van der Waals surface area contributed by atoms with E-state index >= 15 is 0 Å². The third-order valence-corrected chi connectivity index (χ3v) is 7.26. The van der Waals surface area contributed by atoms with E-state index in [1.807, 2.05) is 16.0 Å². The minimum Gasteiger partial charge on any atom is -0.341 e. The lowest BCUT2D eigenvalue weighted by molar-refractivity contribution is -0.136. The quantitative estimate of drug-likeness (QED) is 0.661. The zero-order valence-electron chi connectivity index (χ0n) is 16.5. The summed E-state index contributed by atoms with van der Waals surface area (Å²) in [6.07, 6.45) is 7.13. The number of carbonyl (C=O) groups is 1. The fraction of sp³-hybridized carbons (Fsp3) is 0.524. The Morgan fingerprint density at radius 1 is 1.14 bits per heavy atom. The monoisotopic (exact) mass is 410 g/mol. The summed E-state index contributed by atoms with van der Waals surface area (Å²) < 4.78 is 3.11. The molecule has 7 nitrogen and oxygen atoms in total. The lowest BCUT2D eigenvalue weighted by Gasteiger charge is -2.29. The maximum atomic E-state index is 13.5. The number of carbonyl (C=O) groups excluding carboxylic acids is 1. The fourth-order valence-electron chi connectivity index (χ4n) is 4.66. The van der Waals surface area contributed by atoms with Crippen LogP contribution in [0, 0.1) is 0 Å². The van der Waals surface area contributed by atoms with Crippen molar-refractivity contribution < 1.29 is 4.79 Å². The number of amides is 1. The molecule has 2 fully saturated rings. The topological polar surface area (TPSA) is 67.2 Å². The van der Waals surface area contributed by atoms with Gasteiger partial charge in [0.15, 0.2) is 0 Å². The van der Waals surface area contributed by atoms with Crippen molar-refractivity contribution >= 4 is 27.3 Å². The SMILES string of the molecule is O=C([C@@H]1C[C@@H](n2cnnn2)CN1Cc1cc2ccccc2s1)N1CCCCCC1. The van der Waals surface area contributed by atoms with Crippen molar-refractivity contribution in [2.45, 2.75) is 50.7 Å². The molecule has 0 saturated carbocycles. The highest BCUT2D eigenvalue weighted by Gasteiger charge is 2.40. The van der Waals surface area contributed by atoms with Crippen LogP contribution in [-0.4, -0.2) is 61.6 Å². The van der Waals surface area contributed by atoms with Gasteiger partial charge in [0.25, 0.3) is 0 Å². The summed E-state index contributed by atoms with van der Waals surface area (Å²) in [4.78, 5) is 19.2. The Hall–Kier alpha value is -2.32. The molecule has 0 radical (unpaired) electrons. The van der Waals surface area contributed by atoms with E-state index in [0.29, 0.717) is 0 Å². The van der Waals surface area contributed by atoms with E-state index in [-0.39, 0.29) is 18.0 Å². The minimum absolute atomic E-state index is 0.104. The molecule has 3 aromatic rings. The highest BCUT2D eigenvalue weighted by molar-refractivity contribution is 7.19. The van der Waals surface area contributed by atoms with E-state index in [0.717, 1.165) is 45.4 Å². The average Bonchev–Trinajstić information content (AvgIpc) is 3.43. The second-order valence-electron chi connectivity index (χ2n) is 8.11. The zero-order valence-corrected chi connectivity index (χ0v) is 17.3. The molecule has 0 unspecified atom stereocenters. The van der Waals surface area contributed by atoms with Gasteiger partial charge in [0.2, 0.25) is 5.91 Å². The molecule has 8 heteroatoms. The smallest absolute Gasteiger partial charge is 0.240 e. The summed E-state index contributed by atoms with van der Waals surface area (Å²) in [5.74, 6) is 0.281. The summed E-state index contributed by atoms with van der Waals surface area (Å²) in [7, 11) is 0. The first-order chi connectivity index (χ1) is 14.3. The van der Waals surface area contributed by atoms with Gasteiger partial charge in [-0.05, 0) is 47.2 Å². The first-order valence-electron chi connectivity index (χ1n) is 10.5. The van der Waals surface area contributed by atoms with Gasteiger partial charge < -0.3 is 4.90 Å². The number of thiophene rings is 1. The average molecular weight is 411 g/mol. The third-order valence-electron chi connectivity index (χ3n) is 6.16. The number of tetrazole rings is 1. The largest absolute Gasteiger partial charge is 0.341 e. The summed E-state index contributed by atoms with van der Waals surface area (Å²) in [5, 5.41) is 13.0. The number of aromatic nitrogens is 4. The van der Waals surface area contributed by atoms with Crippen molar-refractivity contribution in [3.8, 4) is 0 Å². The normalized spacial score (nSPS) is 23.5. The summed E-state index contributed by atoms with van der Waals surface area (Å²) >= 11 is 1.82. The first-order valence-corrected chi connectivity index (χ1v) is 11.3. The standard InChI is InChI=1S/C21H26N6OS/c28-21(25-9-5-1-2-6-10-25)19-12-17(27-15-22-23-24-27)13-26(19)14-18-11-16-7-3-4-8-20(16)29-18/h3-4,7-8,11,15,17,19H,1-2,5-6,9-10,12-14H2/t17-,19+/m1/s1. The van der Waals surface area contributed by atoms with Gasteiger partial charge in [-0.3, -0.25) is 9.69 Å². The van der Waals surface area contributed by atoms with E-state index in [1.165, 1.54) is 27.8 Å². The van der Waals surface area contributed by atoms with Crippen LogP contribution in [0.1, 0.15) is 43.0 Å². The second-order valence-corrected chi connectivity index (χ2v) is 9.28. The van der Waals surface area contributed by atoms with Gasteiger partial charge >= 0.3 is 0 Å². The molecule has 2 atom stereocenters. The molecule has 2 aliphatic heterocycles. The molecule has 2 aromatic heterocycles. The summed E-state index contributed by atoms with van der Waals surface area (Å²) in [5.41, 5.74) is 0.